The van der Waals surface area contributed by atoms with E-state index in [9.17, 15) is 4.79 Å². The molecule has 24 heavy (non-hydrogen) atoms. The lowest BCUT2D eigenvalue weighted by atomic mass is 10.0. The number of hydrogen-bond acceptors (Lipinski definition) is 5. The van der Waals surface area contributed by atoms with Gasteiger partial charge in [-0.15, -0.1) is 0 Å². The van der Waals surface area contributed by atoms with Gasteiger partial charge in [-0.25, -0.2) is 0 Å². The van der Waals surface area contributed by atoms with Gasteiger partial charge in [0.25, 0.3) is 5.91 Å². The van der Waals surface area contributed by atoms with E-state index in [0.29, 0.717) is 23.2 Å². The van der Waals surface area contributed by atoms with Crippen LogP contribution >= 0.6 is 0 Å². The maximum Gasteiger partial charge on any atom is 0.251 e. The maximum atomic E-state index is 12.2. The largest absolute Gasteiger partial charge is 0.343 e. The molecular weight excluding hydrogens is 304 g/mol. The number of pyridine rings is 1. The molecule has 122 valence electrons. The average Bonchev–Trinajstić information content (AvgIpc) is 3.09. The van der Waals surface area contributed by atoms with Crippen LogP contribution in [0, 0.1) is 0 Å². The molecule has 0 unspecified atom stereocenters. The molecule has 0 aliphatic carbocycles. The third-order valence-corrected chi connectivity index (χ3v) is 3.65. The summed E-state index contributed by atoms with van der Waals surface area (Å²) < 4.78 is 5.16. The Morgan fingerprint density at radius 2 is 1.83 bits per heavy atom. The van der Waals surface area contributed by atoms with E-state index < -0.39 is 0 Å². The Bertz CT molecular complexity index is 811. The molecule has 0 aliphatic heterocycles. The minimum Gasteiger partial charge on any atom is -0.343 e. The van der Waals surface area contributed by atoms with Gasteiger partial charge in [0.1, 0.15) is 0 Å². The predicted octanol–water partition coefficient (Wildman–Crippen LogP) is 3.19. The van der Waals surface area contributed by atoms with E-state index in [1.54, 1.807) is 24.5 Å². The lowest BCUT2D eigenvalue weighted by Gasteiger charge is -2.06. The number of rotatable bonds is 5. The Balaban J connectivity index is 1.61. The Kier molecular flexibility index (Phi) is 4.65. The van der Waals surface area contributed by atoms with Crippen LogP contribution in [0.3, 0.4) is 0 Å². The molecule has 0 radical (unpaired) electrons. The average molecular weight is 322 g/mol. The number of benzene rings is 1. The SMILES string of the molecule is CC(C)c1ccc(C(=O)NCc2nc(-c3ccncc3)no2)cc1. The van der Waals surface area contributed by atoms with Crippen LogP contribution in [0.25, 0.3) is 11.4 Å². The third kappa shape index (κ3) is 3.65. The van der Waals surface area contributed by atoms with Crippen molar-refractivity contribution in [3.8, 4) is 11.4 Å². The fraction of sp³-hybridized carbons (Fsp3) is 0.222. The van der Waals surface area contributed by atoms with Gasteiger partial charge in [0.05, 0.1) is 6.54 Å². The fourth-order valence-electron chi connectivity index (χ4n) is 2.22. The molecule has 1 N–H and O–H groups in total. The summed E-state index contributed by atoms with van der Waals surface area (Å²) in [4.78, 5) is 20.4. The minimum atomic E-state index is -0.172. The first-order chi connectivity index (χ1) is 11.6. The standard InChI is InChI=1S/C18H18N4O2/c1-12(2)13-3-5-15(6-4-13)18(23)20-11-16-21-17(22-24-16)14-7-9-19-10-8-14/h3-10,12H,11H2,1-2H3,(H,20,23). The highest BCUT2D eigenvalue weighted by molar-refractivity contribution is 5.94. The molecule has 3 aromatic rings. The summed E-state index contributed by atoms with van der Waals surface area (Å²) >= 11 is 0. The lowest BCUT2D eigenvalue weighted by Crippen LogP contribution is -2.22. The molecule has 0 saturated carbocycles. The number of hydrogen-bond donors (Lipinski definition) is 1. The molecule has 1 amide bonds. The molecule has 0 fully saturated rings. The second kappa shape index (κ2) is 7.04. The summed E-state index contributed by atoms with van der Waals surface area (Å²) in [6, 6.07) is 11.2. The molecule has 0 bridgehead atoms. The number of carbonyl (C=O) groups is 1. The number of nitrogens with one attached hydrogen (secondary N) is 1. The monoisotopic (exact) mass is 322 g/mol. The van der Waals surface area contributed by atoms with Gasteiger partial charge in [-0.05, 0) is 35.7 Å². The first kappa shape index (κ1) is 15.9. The smallest absolute Gasteiger partial charge is 0.251 e. The molecule has 1 aromatic carbocycles. The molecule has 6 heteroatoms. The van der Waals surface area contributed by atoms with Gasteiger partial charge in [0, 0.05) is 23.5 Å². The van der Waals surface area contributed by atoms with Crippen LogP contribution in [0.4, 0.5) is 0 Å². The lowest BCUT2D eigenvalue weighted by molar-refractivity contribution is 0.0946. The van der Waals surface area contributed by atoms with Crippen LogP contribution in [-0.4, -0.2) is 21.0 Å². The molecule has 0 spiro atoms. The minimum absolute atomic E-state index is 0.172. The Morgan fingerprint density at radius 1 is 1.12 bits per heavy atom. The van der Waals surface area contributed by atoms with Gasteiger partial charge < -0.3 is 9.84 Å². The second-order valence-electron chi connectivity index (χ2n) is 5.71. The number of nitrogens with zero attached hydrogens (tertiary/aromatic N) is 3. The first-order valence-electron chi connectivity index (χ1n) is 7.74. The Labute approximate surface area is 139 Å². The molecule has 3 rings (SSSR count). The zero-order valence-electron chi connectivity index (χ0n) is 13.6. The van der Waals surface area contributed by atoms with Crippen molar-refractivity contribution in [3.05, 3.63) is 65.8 Å². The zero-order valence-corrected chi connectivity index (χ0v) is 13.6. The van der Waals surface area contributed by atoms with E-state index >= 15 is 0 Å². The van der Waals surface area contributed by atoms with Crippen molar-refractivity contribution >= 4 is 5.91 Å². The highest BCUT2D eigenvalue weighted by Gasteiger charge is 2.11. The number of carbonyl (C=O) groups excluding carboxylic acids is 1. The van der Waals surface area contributed by atoms with Crippen molar-refractivity contribution in [2.24, 2.45) is 0 Å². The Morgan fingerprint density at radius 3 is 2.50 bits per heavy atom. The van der Waals surface area contributed by atoms with Crippen molar-refractivity contribution in [2.75, 3.05) is 0 Å². The summed E-state index contributed by atoms with van der Waals surface area (Å²) in [5.74, 6) is 1.10. The quantitative estimate of drug-likeness (QED) is 0.780. The van der Waals surface area contributed by atoms with E-state index in [4.69, 9.17) is 4.52 Å². The van der Waals surface area contributed by atoms with Gasteiger partial charge in [-0.1, -0.05) is 31.1 Å². The normalized spacial score (nSPS) is 10.8. The number of amides is 1. The predicted molar refractivity (Wildman–Crippen MR) is 89.2 cm³/mol. The van der Waals surface area contributed by atoms with Crippen LogP contribution in [0.5, 0.6) is 0 Å². The van der Waals surface area contributed by atoms with Crippen molar-refractivity contribution in [1.82, 2.24) is 20.4 Å². The van der Waals surface area contributed by atoms with Crippen LogP contribution in [0.2, 0.25) is 0 Å². The van der Waals surface area contributed by atoms with Crippen LogP contribution < -0.4 is 5.32 Å². The molecule has 0 atom stereocenters. The van der Waals surface area contributed by atoms with Crippen molar-refractivity contribution in [1.29, 1.82) is 0 Å². The van der Waals surface area contributed by atoms with Gasteiger partial charge in [-0.2, -0.15) is 4.98 Å². The van der Waals surface area contributed by atoms with Crippen molar-refractivity contribution < 1.29 is 9.32 Å². The summed E-state index contributed by atoms with van der Waals surface area (Å²) in [5, 5.41) is 6.68. The number of aromatic nitrogens is 3. The van der Waals surface area contributed by atoms with Crippen molar-refractivity contribution in [3.63, 3.8) is 0 Å². The summed E-state index contributed by atoms with van der Waals surface area (Å²) in [5.41, 5.74) is 2.62. The van der Waals surface area contributed by atoms with E-state index in [1.165, 1.54) is 5.56 Å². The summed E-state index contributed by atoms with van der Waals surface area (Å²) in [7, 11) is 0. The fourth-order valence-corrected chi connectivity index (χ4v) is 2.22. The van der Waals surface area contributed by atoms with Gasteiger partial charge >= 0.3 is 0 Å². The molecule has 0 saturated heterocycles. The van der Waals surface area contributed by atoms with Crippen LogP contribution in [-0.2, 0) is 6.54 Å². The molecule has 2 aromatic heterocycles. The molecule has 6 nitrogen and oxygen atoms in total. The second-order valence-corrected chi connectivity index (χ2v) is 5.71. The van der Waals surface area contributed by atoms with E-state index in [2.05, 4.69) is 34.3 Å². The van der Waals surface area contributed by atoms with Crippen LogP contribution in [0.1, 0.15) is 41.6 Å². The van der Waals surface area contributed by atoms with Gasteiger partial charge in [0.15, 0.2) is 0 Å². The van der Waals surface area contributed by atoms with E-state index in [0.717, 1.165) is 5.56 Å². The topological polar surface area (TPSA) is 80.9 Å². The van der Waals surface area contributed by atoms with Gasteiger partial charge in [-0.3, -0.25) is 9.78 Å². The van der Waals surface area contributed by atoms with Gasteiger partial charge in [0.2, 0.25) is 11.7 Å². The molecular formula is C18H18N4O2. The maximum absolute atomic E-state index is 12.2. The van der Waals surface area contributed by atoms with Crippen molar-refractivity contribution in [2.45, 2.75) is 26.3 Å². The first-order valence-corrected chi connectivity index (χ1v) is 7.74. The summed E-state index contributed by atoms with van der Waals surface area (Å²) in [6.07, 6.45) is 3.32. The van der Waals surface area contributed by atoms with E-state index in [-0.39, 0.29) is 12.5 Å². The highest BCUT2D eigenvalue weighted by atomic mass is 16.5. The zero-order chi connectivity index (χ0) is 16.9. The highest BCUT2D eigenvalue weighted by Crippen LogP contribution is 2.15. The van der Waals surface area contributed by atoms with Crippen LogP contribution in [0.15, 0.2) is 53.3 Å². The summed E-state index contributed by atoms with van der Waals surface area (Å²) in [6.45, 7) is 4.42. The Hall–Kier alpha value is -3.02. The molecule has 0 aliphatic rings. The third-order valence-electron chi connectivity index (χ3n) is 3.65. The molecule has 2 heterocycles. The van der Waals surface area contributed by atoms with E-state index in [1.807, 2.05) is 24.3 Å².